The Hall–Kier alpha value is -2.64. The highest BCUT2D eigenvalue weighted by Gasteiger charge is 2.55. The summed E-state index contributed by atoms with van der Waals surface area (Å²) < 4.78 is 7.26. The number of allylic oxidation sites excluding steroid dienone is 1. The molecule has 0 bridgehead atoms. The molecule has 1 N–H and O–H groups in total. The van der Waals surface area contributed by atoms with Gasteiger partial charge in [0.15, 0.2) is 5.70 Å². The standard InChI is InChI=1S/C14H16N4O4/c1-14(2,3)10-9(13(20)21)18-11(19)8(12(18)22-10)5-7-6-17(4)16-15-7/h5-6,12H,1-4H3,(H,20,21)/b8-5-. The molecule has 0 aliphatic carbocycles. The Labute approximate surface area is 126 Å². The molecule has 1 aromatic rings. The normalized spacial score (nSPS) is 22.7. The second kappa shape index (κ2) is 4.43. The van der Waals surface area contributed by atoms with Crippen molar-refractivity contribution in [3.8, 4) is 0 Å². The summed E-state index contributed by atoms with van der Waals surface area (Å²) in [6, 6.07) is 0. The molecular weight excluding hydrogens is 288 g/mol. The van der Waals surface area contributed by atoms with Crippen LogP contribution in [0.3, 0.4) is 0 Å². The summed E-state index contributed by atoms with van der Waals surface area (Å²) in [4.78, 5) is 24.9. The Balaban J connectivity index is 1.96. The number of hydrogen-bond acceptors (Lipinski definition) is 5. The van der Waals surface area contributed by atoms with Crippen molar-refractivity contribution in [1.82, 2.24) is 19.9 Å². The largest absolute Gasteiger partial charge is 0.476 e. The fourth-order valence-corrected chi connectivity index (χ4v) is 2.49. The first kappa shape index (κ1) is 14.3. The van der Waals surface area contributed by atoms with Gasteiger partial charge in [0.1, 0.15) is 11.5 Å². The van der Waals surface area contributed by atoms with Crippen LogP contribution in [0.5, 0.6) is 0 Å². The van der Waals surface area contributed by atoms with E-state index in [1.165, 1.54) is 9.58 Å². The van der Waals surface area contributed by atoms with Crippen molar-refractivity contribution in [3.05, 3.63) is 28.9 Å². The van der Waals surface area contributed by atoms with Gasteiger partial charge in [0.2, 0.25) is 6.23 Å². The molecule has 0 saturated carbocycles. The van der Waals surface area contributed by atoms with E-state index < -0.39 is 17.6 Å². The minimum absolute atomic E-state index is 0.0844. The molecule has 8 nitrogen and oxygen atoms in total. The molecule has 2 aliphatic heterocycles. The molecule has 8 heteroatoms. The molecule has 3 heterocycles. The maximum atomic E-state index is 12.3. The van der Waals surface area contributed by atoms with Gasteiger partial charge in [0.25, 0.3) is 5.91 Å². The molecule has 1 aromatic heterocycles. The van der Waals surface area contributed by atoms with Gasteiger partial charge in [0.05, 0.1) is 11.8 Å². The number of rotatable bonds is 2. The van der Waals surface area contributed by atoms with Crippen molar-refractivity contribution in [2.45, 2.75) is 27.0 Å². The SMILES string of the molecule is Cn1cc(/C=C2/C(=O)N3C(C(=O)O)=C(C(C)(C)C)OC23)nn1. The lowest BCUT2D eigenvalue weighted by molar-refractivity contribution is -0.147. The minimum atomic E-state index is -1.17. The highest BCUT2D eigenvalue weighted by Crippen LogP contribution is 2.45. The number of hydrogen-bond donors (Lipinski definition) is 1. The molecule has 1 atom stereocenters. The third-order valence-corrected chi connectivity index (χ3v) is 3.46. The van der Waals surface area contributed by atoms with E-state index >= 15 is 0 Å². The van der Waals surface area contributed by atoms with Gasteiger partial charge in [-0.1, -0.05) is 26.0 Å². The number of β-lactam (4-membered cyclic amide) rings is 1. The van der Waals surface area contributed by atoms with Gasteiger partial charge >= 0.3 is 5.97 Å². The minimum Gasteiger partial charge on any atom is -0.476 e. The summed E-state index contributed by atoms with van der Waals surface area (Å²) in [5, 5.41) is 17.1. The van der Waals surface area contributed by atoms with Gasteiger partial charge in [-0.3, -0.25) is 14.4 Å². The van der Waals surface area contributed by atoms with E-state index in [-0.39, 0.29) is 11.6 Å². The van der Waals surface area contributed by atoms with Gasteiger partial charge in [-0.05, 0) is 6.08 Å². The smallest absolute Gasteiger partial charge is 0.356 e. The van der Waals surface area contributed by atoms with Crippen LogP contribution in [0.4, 0.5) is 0 Å². The fraction of sp³-hybridized carbons (Fsp3) is 0.429. The van der Waals surface area contributed by atoms with Crippen LogP contribution in [0.1, 0.15) is 26.5 Å². The molecule has 0 radical (unpaired) electrons. The van der Waals surface area contributed by atoms with E-state index in [9.17, 15) is 14.7 Å². The summed E-state index contributed by atoms with van der Waals surface area (Å²) in [5.41, 5.74) is 0.302. The third kappa shape index (κ3) is 1.99. The Morgan fingerprint density at radius 1 is 1.45 bits per heavy atom. The number of carbonyl (C=O) groups is 2. The second-order valence-electron chi connectivity index (χ2n) is 6.30. The zero-order valence-corrected chi connectivity index (χ0v) is 12.7. The lowest BCUT2D eigenvalue weighted by Gasteiger charge is -2.35. The Morgan fingerprint density at radius 3 is 2.64 bits per heavy atom. The quantitative estimate of drug-likeness (QED) is 0.639. The van der Waals surface area contributed by atoms with Gasteiger partial charge in [-0.25, -0.2) is 4.79 Å². The van der Waals surface area contributed by atoms with Gasteiger partial charge in [-0.2, -0.15) is 0 Å². The number of carboxylic acids is 1. The monoisotopic (exact) mass is 304 g/mol. The molecule has 2 aliphatic rings. The Morgan fingerprint density at radius 2 is 2.14 bits per heavy atom. The average molecular weight is 304 g/mol. The van der Waals surface area contributed by atoms with Crippen LogP contribution in [0, 0.1) is 5.41 Å². The molecule has 1 saturated heterocycles. The van der Waals surface area contributed by atoms with Crippen LogP contribution in [-0.4, -0.2) is 43.1 Å². The number of ether oxygens (including phenoxy) is 1. The summed E-state index contributed by atoms with van der Waals surface area (Å²) in [7, 11) is 1.72. The van der Waals surface area contributed by atoms with Crippen molar-refractivity contribution in [1.29, 1.82) is 0 Å². The van der Waals surface area contributed by atoms with Crippen molar-refractivity contribution in [2.24, 2.45) is 12.5 Å². The molecule has 1 amide bonds. The van der Waals surface area contributed by atoms with Crippen LogP contribution in [0.2, 0.25) is 0 Å². The maximum absolute atomic E-state index is 12.3. The number of fused-ring (bicyclic) bond motifs is 1. The Bertz CT molecular complexity index is 738. The predicted octanol–water partition coefficient (Wildman–Crippen LogP) is 0.739. The summed E-state index contributed by atoms with van der Waals surface area (Å²) >= 11 is 0. The van der Waals surface area contributed by atoms with E-state index in [1.54, 1.807) is 19.3 Å². The maximum Gasteiger partial charge on any atom is 0.356 e. The number of carboxylic acid groups (broad SMARTS) is 1. The van der Waals surface area contributed by atoms with Crippen molar-refractivity contribution in [2.75, 3.05) is 0 Å². The zero-order chi connectivity index (χ0) is 16.2. The third-order valence-electron chi connectivity index (χ3n) is 3.46. The summed E-state index contributed by atoms with van der Waals surface area (Å²) in [5.74, 6) is -1.24. The van der Waals surface area contributed by atoms with Gasteiger partial charge in [-0.15, -0.1) is 5.10 Å². The van der Waals surface area contributed by atoms with E-state index in [1.807, 2.05) is 20.8 Å². The molecule has 0 aromatic carbocycles. The van der Waals surface area contributed by atoms with Gasteiger partial charge < -0.3 is 9.84 Å². The van der Waals surface area contributed by atoms with Crippen LogP contribution in [-0.2, 0) is 21.4 Å². The first-order chi connectivity index (χ1) is 10.2. The Kier molecular flexibility index (Phi) is 2.88. The van der Waals surface area contributed by atoms with Crippen LogP contribution in [0.25, 0.3) is 6.08 Å². The van der Waals surface area contributed by atoms with Crippen molar-refractivity contribution in [3.63, 3.8) is 0 Å². The van der Waals surface area contributed by atoms with E-state index in [0.29, 0.717) is 17.0 Å². The van der Waals surface area contributed by atoms with Crippen molar-refractivity contribution >= 4 is 18.0 Å². The van der Waals surface area contributed by atoms with E-state index in [4.69, 9.17) is 4.74 Å². The molecule has 0 spiro atoms. The number of aliphatic carboxylic acids is 1. The van der Waals surface area contributed by atoms with Crippen LogP contribution in [0.15, 0.2) is 23.2 Å². The summed E-state index contributed by atoms with van der Waals surface area (Å²) in [6.07, 6.45) is 2.53. The van der Waals surface area contributed by atoms with Crippen molar-refractivity contribution < 1.29 is 19.4 Å². The molecule has 22 heavy (non-hydrogen) atoms. The highest BCUT2D eigenvalue weighted by atomic mass is 16.5. The lowest BCUT2D eigenvalue weighted by Crippen LogP contribution is -2.53. The fourth-order valence-electron chi connectivity index (χ4n) is 2.49. The molecule has 3 rings (SSSR count). The molecular formula is C14H16N4O4. The molecule has 116 valence electrons. The number of aryl methyl sites for hydroxylation is 1. The zero-order valence-electron chi connectivity index (χ0n) is 12.7. The number of nitrogens with zero attached hydrogens (tertiary/aromatic N) is 4. The first-order valence-corrected chi connectivity index (χ1v) is 6.76. The molecule has 1 fully saturated rings. The first-order valence-electron chi connectivity index (χ1n) is 6.76. The van der Waals surface area contributed by atoms with E-state index in [2.05, 4.69) is 10.3 Å². The number of aromatic nitrogens is 3. The molecule has 1 unspecified atom stereocenters. The average Bonchev–Trinajstić information content (AvgIpc) is 2.96. The number of carbonyl (C=O) groups excluding carboxylic acids is 1. The highest BCUT2D eigenvalue weighted by molar-refractivity contribution is 6.10. The lowest BCUT2D eigenvalue weighted by atomic mass is 9.92. The second-order valence-corrected chi connectivity index (χ2v) is 6.30. The summed E-state index contributed by atoms with van der Waals surface area (Å²) in [6.45, 7) is 5.52. The topological polar surface area (TPSA) is 97.6 Å². The number of amides is 1. The van der Waals surface area contributed by atoms with Gasteiger partial charge in [0, 0.05) is 12.5 Å². The van der Waals surface area contributed by atoms with Crippen LogP contribution >= 0.6 is 0 Å². The van der Waals surface area contributed by atoms with Crippen LogP contribution < -0.4 is 0 Å². The predicted molar refractivity (Wildman–Crippen MR) is 74.8 cm³/mol. The van der Waals surface area contributed by atoms with E-state index in [0.717, 1.165) is 0 Å².